The molecule has 0 spiro atoms. The number of thioether (sulfide) groups is 1. The van der Waals surface area contributed by atoms with Gasteiger partial charge >= 0.3 is 0 Å². The summed E-state index contributed by atoms with van der Waals surface area (Å²) in [6.07, 6.45) is 1.62. The van der Waals surface area contributed by atoms with Crippen molar-refractivity contribution in [1.82, 2.24) is 14.8 Å². The molecule has 0 aliphatic heterocycles. The Morgan fingerprint density at radius 2 is 1.96 bits per heavy atom. The van der Waals surface area contributed by atoms with Gasteiger partial charge in [0.05, 0.1) is 17.1 Å². The normalized spacial score (nSPS) is 12.0. The standard InChI is InChI=1S/C19H21N5O3S/c1-4-24-17(15-9-10-27-11(15)2)22-23-19(24)28-12(3)18(26)21-14-7-5-13(6-8-14)16(20)25/h5-10,12H,4H2,1-3H3,(H2,20,25)(H,21,26)/t12-/m0/s1. The van der Waals surface area contributed by atoms with E-state index in [1.165, 1.54) is 11.8 Å². The van der Waals surface area contributed by atoms with Crippen LogP contribution in [0.2, 0.25) is 0 Å². The van der Waals surface area contributed by atoms with E-state index >= 15 is 0 Å². The fraction of sp³-hybridized carbons (Fsp3) is 0.263. The Kier molecular flexibility index (Phi) is 5.84. The molecule has 28 heavy (non-hydrogen) atoms. The van der Waals surface area contributed by atoms with Gasteiger partial charge in [0.1, 0.15) is 5.76 Å². The molecule has 0 fully saturated rings. The van der Waals surface area contributed by atoms with Crippen molar-refractivity contribution >= 4 is 29.3 Å². The first-order valence-corrected chi connectivity index (χ1v) is 9.63. The van der Waals surface area contributed by atoms with E-state index in [4.69, 9.17) is 10.2 Å². The highest BCUT2D eigenvalue weighted by molar-refractivity contribution is 8.00. The van der Waals surface area contributed by atoms with Crippen molar-refractivity contribution in [3.63, 3.8) is 0 Å². The average Bonchev–Trinajstić information content (AvgIpc) is 3.27. The molecule has 2 heterocycles. The summed E-state index contributed by atoms with van der Waals surface area (Å²) in [6, 6.07) is 8.28. The first-order chi connectivity index (χ1) is 13.4. The van der Waals surface area contributed by atoms with Gasteiger partial charge in [-0.05, 0) is 51.1 Å². The lowest BCUT2D eigenvalue weighted by Gasteiger charge is -2.13. The maximum atomic E-state index is 12.5. The quantitative estimate of drug-likeness (QED) is 0.590. The predicted molar refractivity (Wildman–Crippen MR) is 107 cm³/mol. The van der Waals surface area contributed by atoms with Crippen LogP contribution in [0.1, 0.15) is 30.0 Å². The molecular weight excluding hydrogens is 378 g/mol. The zero-order chi connectivity index (χ0) is 20.3. The molecule has 0 bridgehead atoms. The molecule has 3 N–H and O–H groups in total. The fourth-order valence-corrected chi connectivity index (χ4v) is 3.56. The lowest BCUT2D eigenvalue weighted by Crippen LogP contribution is -2.23. The number of furan rings is 1. The summed E-state index contributed by atoms with van der Waals surface area (Å²) in [5.41, 5.74) is 7.08. The first kappa shape index (κ1) is 19.7. The SMILES string of the molecule is CCn1c(S[C@@H](C)C(=O)Nc2ccc(C(N)=O)cc2)nnc1-c1ccoc1C. The zero-order valence-corrected chi connectivity index (χ0v) is 16.6. The number of aromatic nitrogens is 3. The van der Waals surface area contributed by atoms with E-state index in [0.29, 0.717) is 28.8 Å². The van der Waals surface area contributed by atoms with Crippen LogP contribution < -0.4 is 11.1 Å². The van der Waals surface area contributed by atoms with E-state index in [-0.39, 0.29) is 5.91 Å². The Morgan fingerprint density at radius 1 is 1.25 bits per heavy atom. The molecule has 0 radical (unpaired) electrons. The molecule has 3 aromatic rings. The summed E-state index contributed by atoms with van der Waals surface area (Å²) in [5, 5.41) is 11.6. The first-order valence-electron chi connectivity index (χ1n) is 8.75. The van der Waals surface area contributed by atoms with Crippen LogP contribution in [-0.4, -0.2) is 31.8 Å². The van der Waals surface area contributed by atoms with Gasteiger partial charge in [-0.15, -0.1) is 10.2 Å². The zero-order valence-electron chi connectivity index (χ0n) is 15.8. The van der Waals surface area contributed by atoms with E-state index in [0.717, 1.165) is 11.3 Å². The van der Waals surface area contributed by atoms with Crippen LogP contribution in [0.25, 0.3) is 11.4 Å². The fourth-order valence-electron chi connectivity index (χ4n) is 2.65. The van der Waals surface area contributed by atoms with E-state index in [1.807, 2.05) is 24.5 Å². The minimum Gasteiger partial charge on any atom is -0.469 e. The number of rotatable bonds is 7. The van der Waals surface area contributed by atoms with Gasteiger partial charge in [-0.1, -0.05) is 11.8 Å². The van der Waals surface area contributed by atoms with Gasteiger partial charge in [0.25, 0.3) is 0 Å². The number of hydrogen-bond acceptors (Lipinski definition) is 6. The molecule has 1 atom stereocenters. The third kappa shape index (κ3) is 4.09. The second-order valence-electron chi connectivity index (χ2n) is 6.13. The van der Waals surface area contributed by atoms with Gasteiger partial charge in [0.15, 0.2) is 11.0 Å². The summed E-state index contributed by atoms with van der Waals surface area (Å²) in [6.45, 7) is 6.33. The monoisotopic (exact) mass is 399 g/mol. The molecule has 0 saturated heterocycles. The maximum absolute atomic E-state index is 12.5. The number of primary amides is 1. The molecule has 2 aromatic heterocycles. The van der Waals surface area contributed by atoms with Crippen molar-refractivity contribution in [2.24, 2.45) is 5.73 Å². The third-order valence-corrected chi connectivity index (χ3v) is 5.30. The number of anilines is 1. The number of aryl methyl sites for hydroxylation is 1. The van der Waals surface area contributed by atoms with Crippen LogP contribution in [0.4, 0.5) is 5.69 Å². The summed E-state index contributed by atoms with van der Waals surface area (Å²) in [4.78, 5) is 23.7. The van der Waals surface area contributed by atoms with Crippen LogP contribution in [-0.2, 0) is 11.3 Å². The van der Waals surface area contributed by atoms with Crippen molar-refractivity contribution in [2.45, 2.75) is 37.7 Å². The molecule has 9 heteroatoms. The maximum Gasteiger partial charge on any atom is 0.248 e. The average molecular weight is 399 g/mol. The topological polar surface area (TPSA) is 116 Å². The van der Waals surface area contributed by atoms with E-state index < -0.39 is 11.2 Å². The van der Waals surface area contributed by atoms with Crippen LogP contribution in [0.3, 0.4) is 0 Å². The van der Waals surface area contributed by atoms with Gasteiger partial charge in [-0.3, -0.25) is 9.59 Å². The summed E-state index contributed by atoms with van der Waals surface area (Å²) in [7, 11) is 0. The number of hydrogen-bond donors (Lipinski definition) is 2. The molecular formula is C19H21N5O3S. The van der Waals surface area contributed by atoms with Crippen LogP contribution in [0, 0.1) is 6.92 Å². The van der Waals surface area contributed by atoms with Gasteiger partial charge in [-0.2, -0.15) is 0 Å². The van der Waals surface area contributed by atoms with Gasteiger partial charge in [0.2, 0.25) is 11.8 Å². The molecule has 1 aromatic carbocycles. The number of carbonyl (C=O) groups is 2. The smallest absolute Gasteiger partial charge is 0.248 e. The molecule has 8 nitrogen and oxygen atoms in total. The second kappa shape index (κ2) is 8.30. The van der Waals surface area contributed by atoms with E-state index in [9.17, 15) is 9.59 Å². The van der Waals surface area contributed by atoms with Crippen LogP contribution in [0.15, 0.2) is 46.2 Å². The Labute approximate surface area is 166 Å². The van der Waals surface area contributed by atoms with Crippen LogP contribution >= 0.6 is 11.8 Å². The van der Waals surface area contributed by atoms with Gasteiger partial charge in [-0.25, -0.2) is 0 Å². The van der Waals surface area contributed by atoms with E-state index in [1.54, 1.807) is 37.5 Å². The van der Waals surface area contributed by atoms with E-state index in [2.05, 4.69) is 15.5 Å². The minimum atomic E-state index is -0.510. The summed E-state index contributed by atoms with van der Waals surface area (Å²) < 4.78 is 7.31. The molecule has 0 aliphatic rings. The Balaban J connectivity index is 1.71. The lowest BCUT2D eigenvalue weighted by atomic mass is 10.2. The van der Waals surface area contributed by atoms with Crippen molar-refractivity contribution in [1.29, 1.82) is 0 Å². The minimum absolute atomic E-state index is 0.177. The van der Waals surface area contributed by atoms with Gasteiger partial charge in [0, 0.05) is 17.8 Å². The van der Waals surface area contributed by atoms with Crippen molar-refractivity contribution in [2.75, 3.05) is 5.32 Å². The van der Waals surface area contributed by atoms with Crippen molar-refractivity contribution < 1.29 is 14.0 Å². The Morgan fingerprint density at radius 3 is 2.54 bits per heavy atom. The highest BCUT2D eigenvalue weighted by atomic mass is 32.2. The highest BCUT2D eigenvalue weighted by Crippen LogP contribution is 2.29. The Hall–Kier alpha value is -3.07. The van der Waals surface area contributed by atoms with Crippen molar-refractivity contribution in [3.8, 4) is 11.4 Å². The van der Waals surface area contributed by atoms with Gasteiger partial charge < -0.3 is 20.0 Å². The number of benzene rings is 1. The summed E-state index contributed by atoms with van der Waals surface area (Å²) in [5.74, 6) is 0.794. The second-order valence-corrected chi connectivity index (χ2v) is 7.44. The molecule has 0 unspecified atom stereocenters. The molecule has 2 amide bonds. The third-order valence-electron chi connectivity index (χ3n) is 4.22. The number of nitrogens with two attached hydrogens (primary N) is 1. The molecule has 0 aliphatic carbocycles. The lowest BCUT2D eigenvalue weighted by molar-refractivity contribution is -0.115. The Bertz CT molecular complexity index is 993. The number of nitrogens with one attached hydrogen (secondary N) is 1. The number of nitrogens with zero attached hydrogens (tertiary/aromatic N) is 3. The highest BCUT2D eigenvalue weighted by Gasteiger charge is 2.21. The molecule has 3 rings (SSSR count). The number of amides is 2. The predicted octanol–water partition coefficient (Wildman–Crippen LogP) is 3.08. The summed E-state index contributed by atoms with van der Waals surface area (Å²) >= 11 is 1.33. The largest absolute Gasteiger partial charge is 0.469 e. The van der Waals surface area contributed by atoms with Crippen molar-refractivity contribution in [3.05, 3.63) is 47.9 Å². The molecule has 146 valence electrons. The number of carbonyl (C=O) groups excluding carboxylic acids is 2. The molecule has 0 saturated carbocycles. The van der Waals surface area contributed by atoms with Crippen LogP contribution in [0.5, 0.6) is 0 Å².